The molecule has 0 radical (unpaired) electrons. The first-order valence-electron chi connectivity index (χ1n) is 11.5. The topological polar surface area (TPSA) is 45.3 Å². The first kappa shape index (κ1) is 19.2. The van der Waals surface area contributed by atoms with Gasteiger partial charge in [-0.05, 0) is 60.3 Å². The number of nitrogens with one attached hydrogen (secondary N) is 1. The summed E-state index contributed by atoms with van der Waals surface area (Å²) in [5, 5.41) is 1.32. The number of esters is 1. The standard InChI is InChI=1S/C25H34N2O2/c1-5-7-16-8-9-21-20(12-16)19-10-11-27-14-17-13-25(22(19)26-21,24(28)29-4)23(27)18(6-2)15(17)3/h8-9,12,15,17-18,23,26H,5-7,10-11,13-14H2,1-4H3. The first-order chi connectivity index (χ1) is 14.0. The van der Waals surface area contributed by atoms with Gasteiger partial charge in [0.05, 0.1) is 7.11 Å². The summed E-state index contributed by atoms with van der Waals surface area (Å²) in [6.45, 7) is 9.10. The summed E-state index contributed by atoms with van der Waals surface area (Å²) < 4.78 is 5.53. The Morgan fingerprint density at radius 2 is 2.17 bits per heavy atom. The van der Waals surface area contributed by atoms with Crippen LogP contribution in [0.15, 0.2) is 18.2 Å². The number of benzene rings is 1. The van der Waals surface area contributed by atoms with E-state index in [1.807, 2.05) is 0 Å². The third-order valence-electron chi connectivity index (χ3n) is 8.40. The maximum absolute atomic E-state index is 13.6. The number of nitrogens with zero attached hydrogens (tertiary/aromatic N) is 1. The van der Waals surface area contributed by atoms with E-state index in [1.54, 1.807) is 7.11 Å². The molecule has 2 aromatic rings. The fraction of sp³-hybridized carbons (Fsp3) is 0.640. The maximum Gasteiger partial charge on any atom is 0.319 e. The number of hydrogen-bond donors (Lipinski definition) is 1. The summed E-state index contributed by atoms with van der Waals surface area (Å²) in [5.74, 6) is 1.72. The zero-order valence-electron chi connectivity index (χ0n) is 18.3. The molecular weight excluding hydrogens is 360 g/mol. The molecule has 1 aliphatic carbocycles. The zero-order chi connectivity index (χ0) is 20.3. The molecule has 4 nitrogen and oxygen atoms in total. The quantitative estimate of drug-likeness (QED) is 0.779. The van der Waals surface area contributed by atoms with E-state index in [-0.39, 0.29) is 12.0 Å². The van der Waals surface area contributed by atoms with Gasteiger partial charge in [-0.15, -0.1) is 0 Å². The van der Waals surface area contributed by atoms with E-state index in [9.17, 15) is 4.79 Å². The van der Waals surface area contributed by atoms with Crippen molar-refractivity contribution < 1.29 is 9.53 Å². The summed E-state index contributed by atoms with van der Waals surface area (Å²) in [6.07, 6.45) is 5.30. The van der Waals surface area contributed by atoms with Crippen LogP contribution in [0.4, 0.5) is 0 Å². The van der Waals surface area contributed by atoms with E-state index < -0.39 is 5.41 Å². The minimum Gasteiger partial charge on any atom is -0.468 e. The van der Waals surface area contributed by atoms with Crippen molar-refractivity contribution in [3.05, 3.63) is 35.0 Å². The number of methoxy groups -OCH3 is 1. The number of aromatic amines is 1. The number of carbonyl (C=O) groups excluding carboxylic acids is 1. The van der Waals surface area contributed by atoms with Gasteiger partial charge in [-0.25, -0.2) is 0 Å². The summed E-state index contributed by atoms with van der Waals surface area (Å²) in [6, 6.07) is 7.06. The predicted molar refractivity (Wildman–Crippen MR) is 116 cm³/mol. The average molecular weight is 395 g/mol. The molecule has 4 heteroatoms. The van der Waals surface area contributed by atoms with Crippen LogP contribution in [-0.2, 0) is 27.8 Å². The number of aromatic nitrogens is 1. The third kappa shape index (κ3) is 2.51. The largest absolute Gasteiger partial charge is 0.468 e. The fourth-order valence-corrected chi connectivity index (χ4v) is 7.15. The molecule has 6 rings (SSSR count). The molecule has 2 saturated heterocycles. The van der Waals surface area contributed by atoms with Gasteiger partial charge in [0, 0.05) is 35.7 Å². The van der Waals surface area contributed by atoms with Crippen LogP contribution in [0, 0.1) is 17.8 Å². The molecule has 156 valence electrons. The Hall–Kier alpha value is -1.81. The molecule has 1 aromatic carbocycles. The van der Waals surface area contributed by atoms with Crippen molar-refractivity contribution in [1.29, 1.82) is 0 Å². The molecule has 1 aromatic heterocycles. The van der Waals surface area contributed by atoms with E-state index in [0.717, 1.165) is 50.9 Å². The van der Waals surface area contributed by atoms with Gasteiger partial charge < -0.3 is 9.72 Å². The van der Waals surface area contributed by atoms with Crippen LogP contribution in [0.5, 0.6) is 0 Å². The van der Waals surface area contributed by atoms with E-state index in [1.165, 1.54) is 22.0 Å². The number of fused-ring (bicyclic) bond motifs is 4. The highest BCUT2D eigenvalue weighted by Crippen LogP contribution is 2.57. The lowest BCUT2D eigenvalue weighted by Crippen LogP contribution is -2.69. The lowest BCUT2D eigenvalue weighted by molar-refractivity contribution is -0.167. The van der Waals surface area contributed by atoms with Gasteiger partial charge in [-0.1, -0.05) is 39.7 Å². The molecule has 1 saturated carbocycles. The SMILES string of the molecule is CCCc1ccc2[nH]c3c(c2c1)CCN1CC2CC3(C(=O)OC)C1C(CC)C2C. The predicted octanol–water partition coefficient (Wildman–Crippen LogP) is 4.45. The molecule has 4 aliphatic rings. The molecule has 3 aliphatic heterocycles. The number of hydrogen-bond acceptors (Lipinski definition) is 3. The Morgan fingerprint density at radius 3 is 2.90 bits per heavy atom. The van der Waals surface area contributed by atoms with Crippen molar-refractivity contribution in [2.45, 2.75) is 64.3 Å². The molecule has 6 unspecified atom stereocenters. The van der Waals surface area contributed by atoms with Gasteiger partial charge in [0.15, 0.2) is 0 Å². The first-order valence-corrected chi connectivity index (χ1v) is 11.5. The van der Waals surface area contributed by atoms with Crippen LogP contribution >= 0.6 is 0 Å². The molecule has 0 spiro atoms. The zero-order valence-corrected chi connectivity index (χ0v) is 18.3. The number of aryl methyl sites for hydroxylation is 1. The lowest BCUT2D eigenvalue weighted by atomic mass is 9.53. The van der Waals surface area contributed by atoms with Gasteiger partial charge in [0.1, 0.15) is 5.41 Å². The van der Waals surface area contributed by atoms with Crippen molar-refractivity contribution in [2.75, 3.05) is 20.2 Å². The molecule has 4 heterocycles. The maximum atomic E-state index is 13.6. The molecule has 1 N–H and O–H groups in total. The molecule has 3 fully saturated rings. The molecule has 0 amide bonds. The summed E-state index contributed by atoms with van der Waals surface area (Å²) in [7, 11) is 1.57. The number of piperidine rings is 2. The van der Waals surface area contributed by atoms with Gasteiger partial charge in [0.2, 0.25) is 0 Å². The molecule has 4 bridgehead atoms. The van der Waals surface area contributed by atoms with Gasteiger partial charge in [0.25, 0.3) is 0 Å². The minimum absolute atomic E-state index is 0.0361. The van der Waals surface area contributed by atoms with Crippen LogP contribution in [-0.4, -0.2) is 42.1 Å². The van der Waals surface area contributed by atoms with Crippen LogP contribution in [0.1, 0.15) is 56.9 Å². The number of rotatable bonds is 4. The van der Waals surface area contributed by atoms with Gasteiger partial charge in [-0.3, -0.25) is 9.69 Å². The Balaban J connectivity index is 1.75. The van der Waals surface area contributed by atoms with Crippen molar-refractivity contribution >= 4 is 16.9 Å². The molecule has 29 heavy (non-hydrogen) atoms. The van der Waals surface area contributed by atoms with Crippen LogP contribution in [0.25, 0.3) is 10.9 Å². The Bertz CT molecular complexity index is 948. The Labute approximate surface area is 174 Å². The van der Waals surface area contributed by atoms with Gasteiger partial charge in [-0.2, -0.15) is 0 Å². The third-order valence-corrected chi connectivity index (χ3v) is 8.40. The van der Waals surface area contributed by atoms with E-state index in [0.29, 0.717) is 17.8 Å². The smallest absolute Gasteiger partial charge is 0.319 e. The van der Waals surface area contributed by atoms with E-state index in [4.69, 9.17) is 4.74 Å². The van der Waals surface area contributed by atoms with E-state index in [2.05, 4.69) is 48.9 Å². The van der Waals surface area contributed by atoms with Crippen LogP contribution in [0.2, 0.25) is 0 Å². The minimum atomic E-state index is -0.555. The number of H-pyrrole nitrogens is 1. The normalized spacial score (nSPS) is 35.4. The van der Waals surface area contributed by atoms with Crippen LogP contribution < -0.4 is 0 Å². The summed E-state index contributed by atoms with van der Waals surface area (Å²) >= 11 is 0. The second-order valence-electron chi connectivity index (χ2n) is 9.66. The Kier molecular flexibility index (Phi) is 4.54. The van der Waals surface area contributed by atoms with Crippen LogP contribution in [0.3, 0.4) is 0 Å². The fourth-order valence-electron chi connectivity index (χ4n) is 7.15. The lowest BCUT2D eigenvalue weighted by Gasteiger charge is -2.60. The second kappa shape index (κ2) is 6.87. The second-order valence-corrected chi connectivity index (χ2v) is 9.66. The molecular formula is C25H34N2O2. The number of carbonyl (C=O) groups is 1. The van der Waals surface area contributed by atoms with Crippen molar-refractivity contribution in [1.82, 2.24) is 9.88 Å². The monoisotopic (exact) mass is 394 g/mol. The summed E-state index contributed by atoms with van der Waals surface area (Å²) in [4.78, 5) is 19.9. The molecule has 6 atom stereocenters. The highest BCUT2D eigenvalue weighted by Gasteiger charge is 2.64. The number of ether oxygens (including phenoxy) is 1. The van der Waals surface area contributed by atoms with Crippen molar-refractivity contribution in [3.8, 4) is 0 Å². The van der Waals surface area contributed by atoms with Crippen molar-refractivity contribution in [2.24, 2.45) is 17.8 Å². The van der Waals surface area contributed by atoms with Crippen molar-refractivity contribution in [3.63, 3.8) is 0 Å². The van der Waals surface area contributed by atoms with E-state index >= 15 is 0 Å². The highest BCUT2D eigenvalue weighted by molar-refractivity contribution is 5.92. The average Bonchev–Trinajstić information content (AvgIpc) is 3.06. The summed E-state index contributed by atoms with van der Waals surface area (Å²) in [5.41, 5.74) is 4.54. The Morgan fingerprint density at radius 1 is 1.34 bits per heavy atom. The highest BCUT2D eigenvalue weighted by atomic mass is 16.5. The van der Waals surface area contributed by atoms with Gasteiger partial charge >= 0.3 is 5.97 Å².